The Labute approximate surface area is 114 Å². The van der Waals surface area contributed by atoms with Crippen molar-refractivity contribution in [1.82, 2.24) is 4.98 Å². The molecule has 1 fully saturated rings. The smallest absolute Gasteiger partial charge is 0.339 e. The molecule has 2 N–H and O–H groups in total. The molecule has 0 radical (unpaired) electrons. The van der Waals surface area contributed by atoms with Crippen LogP contribution in [0.1, 0.15) is 30.1 Å². The van der Waals surface area contributed by atoms with Crippen molar-refractivity contribution in [3.05, 3.63) is 22.3 Å². The summed E-state index contributed by atoms with van der Waals surface area (Å²) in [5, 5.41) is 12.4. The third kappa shape index (κ3) is 3.00. The molecule has 18 heavy (non-hydrogen) atoms. The fourth-order valence-electron chi connectivity index (χ4n) is 1.93. The number of rotatable bonds is 3. The molecular weight excluding hydrogens is 300 g/mol. The Morgan fingerprint density at radius 2 is 2.22 bits per heavy atom. The van der Waals surface area contributed by atoms with Crippen molar-refractivity contribution in [2.45, 2.75) is 25.3 Å². The summed E-state index contributed by atoms with van der Waals surface area (Å²) < 4.78 is 5.97. The summed E-state index contributed by atoms with van der Waals surface area (Å²) >= 11 is 3.23. The van der Waals surface area contributed by atoms with Gasteiger partial charge in [-0.2, -0.15) is 0 Å². The first-order chi connectivity index (χ1) is 8.50. The van der Waals surface area contributed by atoms with E-state index in [-0.39, 0.29) is 11.1 Å². The van der Waals surface area contributed by atoms with Gasteiger partial charge in [-0.25, -0.2) is 9.78 Å². The van der Waals surface area contributed by atoms with Crippen LogP contribution in [0.4, 0.5) is 5.82 Å². The van der Waals surface area contributed by atoms with E-state index in [1.165, 1.54) is 0 Å². The van der Waals surface area contributed by atoms with Crippen LogP contribution in [0.2, 0.25) is 0 Å². The monoisotopic (exact) mass is 314 g/mol. The lowest BCUT2D eigenvalue weighted by Crippen LogP contribution is -2.41. The molecule has 0 atom stereocenters. The fourth-order valence-corrected chi connectivity index (χ4v) is 2.27. The molecule has 0 spiro atoms. The second-order valence-electron chi connectivity index (χ2n) is 4.65. The van der Waals surface area contributed by atoms with Crippen LogP contribution in [-0.4, -0.2) is 34.8 Å². The Bertz CT molecular complexity index is 459. The third-order valence-corrected chi connectivity index (χ3v) is 3.53. The number of aromatic carboxylic acids is 1. The average Bonchev–Trinajstić information content (AvgIpc) is 2.32. The molecule has 2 rings (SSSR count). The van der Waals surface area contributed by atoms with Crippen molar-refractivity contribution in [3.8, 4) is 0 Å². The molecule has 98 valence electrons. The molecule has 0 saturated carbocycles. The lowest BCUT2D eigenvalue weighted by atomic mass is 9.92. The molecule has 1 saturated heterocycles. The molecule has 1 aliphatic rings. The minimum absolute atomic E-state index is 0.163. The van der Waals surface area contributed by atoms with E-state index in [0.717, 1.165) is 12.8 Å². The van der Waals surface area contributed by atoms with E-state index in [2.05, 4.69) is 33.2 Å². The van der Waals surface area contributed by atoms with Crippen molar-refractivity contribution < 1.29 is 14.6 Å². The van der Waals surface area contributed by atoms with Gasteiger partial charge in [0.2, 0.25) is 0 Å². The summed E-state index contributed by atoms with van der Waals surface area (Å²) in [5.74, 6) is -0.572. The van der Waals surface area contributed by atoms with Gasteiger partial charge in [0.05, 0.1) is 0 Å². The number of halogens is 1. The standard InChI is InChI=1S/C12H15BrN2O3/c1-12(2-4-18-5-3-12)15-10-9(11(16)17)6-8(13)7-14-10/h6-7H,2-5H2,1H3,(H,14,15)(H,16,17). The van der Waals surface area contributed by atoms with Crippen molar-refractivity contribution in [1.29, 1.82) is 0 Å². The Hall–Kier alpha value is -1.14. The number of carboxylic acid groups (broad SMARTS) is 1. The van der Waals surface area contributed by atoms with Gasteiger partial charge in [0.25, 0.3) is 0 Å². The number of carboxylic acids is 1. The average molecular weight is 315 g/mol. The summed E-state index contributed by atoms with van der Waals surface area (Å²) in [6.07, 6.45) is 3.27. The van der Waals surface area contributed by atoms with Crippen LogP contribution in [0, 0.1) is 0 Å². The maximum Gasteiger partial charge on any atom is 0.339 e. The molecule has 0 amide bonds. The molecule has 0 bridgehead atoms. The zero-order valence-corrected chi connectivity index (χ0v) is 11.7. The molecule has 1 aromatic rings. The molecule has 0 unspecified atom stereocenters. The van der Waals surface area contributed by atoms with Crippen LogP contribution in [0.3, 0.4) is 0 Å². The van der Waals surface area contributed by atoms with E-state index in [1.54, 1.807) is 12.3 Å². The lowest BCUT2D eigenvalue weighted by Gasteiger charge is -2.35. The number of anilines is 1. The van der Waals surface area contributed by atoms with E-state index < -0.39 is 5.97 Å². The molecule has 0 aliphatic carbocycles. The second kappa shape index (κ2) is 5.24. The van der Waals surface area contributed by atoms with Crippen molar-refractivity contribution in [3.63, 3.8) is 0 Å². The SMILES string of the molecule is CC1(Nc2ncc(Br)cc2C(=O)O)CCOCC1. The number of aromatic nitrogens is 1. The maximum atomic E-state index is 11.2. The Balaban J connectivity index is 2.25. The van der Waals surface area contributed by atoms with Crippen molar-refractivity contribution in [2.75, 3.05) is 18.5 Å². The summed E-state index contributed by atoms with van der Waals surface area (Å²) in [5.41, 5.74) is 0.0144. The van der Waals surface area contributed by atoms with Gasteiger partial charge in [-0.3, -0.25) is 0 Å². The van der Waals surface area contributed by atoms with Gasteiger partial charge in [-0.1, -0.05) is 0 Å². The zero-order chi connectivity index (χ0) is 13.2. The van der Waals surface area contributed by atoms with Crippen LogP contribution in [-0.2, 0) is 4.74 Å². The Morgan fingerprint density at radius 3 is 2.83 bits per heavy atom. The first kappa shape index (κ1) is 13.3. The van der Waals surface area contributed by atoms with Crippen LogP contribution in [0.25, 0.3) is 0 Å². The topological polar surface area (TPSA) is 71.5 Å². The molecule has 5 nitrogen and oxygen atoms in total. The van der Waals surface area contributed by atoms with E-state index >= 15 is 0 Å². The normalized spacial score (nSPS) is 18.3. The van der Waals surface area contributed by atoms with E-state index in [0.29, 0.717) is 23.5 Å². The quantitative estimate of drug-likeness (QED) is 0.897. The Morgan fingerprint density at radius 1 is 1.56 bits per heavy atom. The highest BCUT2D eigenvalue weighted by atomic mass is 79.9. The number of pyridine rings is 1. The molecule has 2 heterocycles. The summed E-state index contributed by atoms with van der Waals surface area (Å²) in [6, 6.07) is 1.56. The summed E-state index contributed by atoms with van der Waals surface area (Å²) in [7, 11) is 0. The highest BCUT2D eigenvalue weighted by Gasteiger charge is 2.29. The van der Waals surface area contributed by atoms with Gasteiger partial charge in [-0.05, 0) is 41.8 Å². The fraction of sp³-hybridized carbons (Fsp3) is 0.500. The van der Waals surface area contributed by atoms with Crippen LogP contribution < -0.4 is 5.32 Å². The molecule has 1 aromatic heterocycles. The van der Waals surface area contributed by atoms with E-state index in [1.807, 2.05) is 0 Å². The van der Waals surface area contributed by atoms with E-state index in [4.69, 9.17) is 4.74 Å². The lowest BCUT2D eigenvalue weighted by molar-refractivity contribution is 0.0654. The van der Waals surface area contributed by atoms with Gasteiger partial charge in [0.1, 0.15) is 11.4 Å². The molecular formula is C12H15BrN2O3. The first-order valence-corrected chi connectivity index (χ1v) is 6.54. The first-order valence-electron chi connectivity index (χ1n) is 5.75. The highest BCUT2D eigenvalue weighted by Crippen LogP contribution is 2.27. The number of hydrogen-bond donors (Lipinski definition) is 2. The predicted molar refractivity (Wildman–Crippen MR) is 71.0 cm³/mol. The Kier molecular flexibility index (Phi) is 3.87. The molecule has 0 aromatic carbocycles. The number of hydrogen-bond acceptors (Lipinski definition) is 4. The molecule has 1 aliphatic heterocycles. The third-order valence-electron chi connectivity index (χ3n) is 3.10. The zero-order valence-electron chi connectivity index (χ0n) is 10.1. The summed E-state index contributed by atoms with van der Waals surface area (Å²) in [4.78, 5) is 15.4. The number of ether oxygens (including phenoxy) is 1. The highest BCUT2D eigenvalue weighted by molar-refractivity contribution is 9.10. The van der Waals surface area contributed by atoms with Gasteiger partial charge < -0.3 is 15.2 Å². The molecule has 6 heteroatoms. The number of nitrogens with zero attached hydrogens (tertiary/aromatic N) is 1. The van der Waals surface area contributed by atoms with Gasteiger partial charge in [0, 0.05) is 29.4 Å². The van der Waals surface area contributed by atoms with Crippen molar-refractivity contribution >= 4 is 27.7 Å². The minimum Gasteiger partial charge on any atom is -0.478 e. The van der Waals surface area contributed by atoms with Gasteiger partial charge >= 0.3 is 5.97 Å². The van der Waals surface area contributed by atoms with Gasteiger partial charge in [0.15, 0.2) is 0 Å². The van der Waals surface area contributed by atoms with Crippen LogP contribution >= 0.6 is 15.9 Å². The van der Waals surface area contributed by atoms with E-state index in [9.17, 15) is 9.90 Å². The maximum absolute atomic E-state index is 11.2. The number of nitrogens with one attached hydrogen (secondary N) is 1. The second-order valence-corrected chi connectivity index (χ2v) is 5.57. The van der Waals surface area contributed by atoms with Gasteiger partial charge in [-0.15, -0.1) is 0 Å². The van der Waals surface area contributed by atoms with Crippen LogP contribution in [0.15, 0.2) is 16.7 Å². The summed E-state index contributed by atoms with van der Waals surface area (Å²) in [6.45, 7) is 3.43. The largest absolute Gasteiger partial charge is 0.478 e. The van der Waals surface area contributed by atoms with Crippen LogP contribution in [0.5, 0.6) is 0 Å². The minimum atomic E-state index is -0.984. The number of carbonyl (C=O) groups is 1. The van der Waals surface area contributed by atoms with Crippen molar-refractivity contribution in [2.24, 2.45) is 0 Å². The predicted octanol–water partition coefficient (Wildman–Crippen LogP) is 2.52.